The van der Waals surface area contributed by atoms with Gasteiger partial charge in [0.1, 0.15) is 43.2 Å². The molecule has 7 N–H and O–H groups in total. The molecule has 0 aromatic rings. The molecule has 0 spiro atoms. The van der Waals surface area contributed by atoms with E-state index in [9.17, 15) is 49.7 Å². The molecule has 346 valence electrons. The Morgan fingerprint density at radius 1 is 0.583 bits per heavy atom. The van der Waals surface area contributed by atoms with E-state index in [2.05, 4.69) is 49.5 Å². The molecule has 0 heterocycles. The minimum atomic E-state index is -5.14. The molecule has 0 amide bonds. The van der Waals surface area contributed by atoms with E-state index < -0.39 is 75.7 Å². The second kappa shape index (κ2) is 35.0. The molecule has 0 bridgehead atoms. The van der Waals surface area contributed by atoms with Crippen molar-refractivity contribution in [1.29, 1.82) is 0 Å². The van der Waals surface area contributed by atoms with Gasteiger partial charge >= 0.3 is 19.8 Å². The van der Waals surface area contributed by atoms with E-state index in [0.29, 0.717) is 19.3 Å². The summed E-state index contributed by atoms with van der Waals surface area (Å²) in [5.41, 5.74) is 0. The number of aliphatic hydroxyl groups excluding tert-OH is 6. The zero-order valence-electron chi connectivity index (χ0n) is 36.1. The molecule has 60 heavy (non-hydrogen) atoms. The summed E-state index contributed by atoms with van der Waals surface area (Å²) < 4.78 is 33.4. The van der Waals surface area contributed by atoms with E-state index in [0.717, 1.165) is 77.0 Å². The molecule has 0 aliphatic heterocycles. The second-order valence-corrected chi connectivity index (χ2v) is 16.7. The topological polar surface area (TPSA) is 230 Å². The number of carbonyl (C=O) groups is 2. The smallest absolute Gasteiger partial charge is 0.462 e. The Bertz CT molecular complexity index is 1300. The van der Waals surface area contributed by atoms with Crippen LogP contribution >= 0.6 is 7.82 Å². The summed E-state index contributed by atoms with van der Waals surface area (Å²) >= 11 is 0. The highest BCUT2D eigenvalue weighted by Gasteiger charge is 2.51. The first-order valence-corrected chi connectivity index (χ1v) is 23.7. The van der Waals surface area contributed by atoms with Crippen LogP contribution < -0.4 is 0 Å². The van der Waals surface area contributed by atoms with E-state index in [-0.39, 0.29) is 18.9 Å². The van der Waals surface area contributed by atoms with Crippen molar-refractivity contribution in [2.45, 2.75) is 198 Å². The fourth-order valence-corrected chi connectivity index (χ4v) is 7.17. The third kappa shape index (κ3) is 27.5. The number of allylic oxidation sites excluding steroid dienone is 10. The number of rotatable bonds is 35. The average molecular weight is 873 g/mol. The minimum Gasteiger partial charge on any atom is -0.462 e. The number of hydrogen-bond donors (Lipinski definition) is 7. The number of esters is 2. The first-order chi connectivity index (χ1) is 28.8. The van der Waals surface area contributed by atoms with Crippen molar-refractivity contribution in [3.05, 3.63) is 60.8 Å². The van der Waals surface area contributed by atoms with Crippen LogP contribution in [0.4, 0.5) is 0 Å². The van der Waals surface area contributed by atoms with E-state index in [1.807, 2.05) is 25.2 Å². The minimum absolute atomic E-state index is 0.00362. The average Bonchev–Trinajstić information content (AvgIpc) is 3.23. The van der Waals surface area contributed by atoms with E-state index in [1.165, 1.54) is 25.7 Å². The Kier molecular flexibility index (Phi) is 32.4. The van der Waals surface area contributed by atoms with Gasteiger partial charge in [0, 0.05) is 12.8 Å². The van der Waals surface area contributed by atoms with Crippen LogP contribution in [0.5, 0.6) is 0 Å². The van der Waals surface area contributed by atoms with Gasteiger partial charge in [0.15, 0.2) is 6.10 Å². The molecule has 15 heteroatoms. The van der Waals surface area contributed by atoms with Gasteiger partial charge in [-0.2, -0.15) is 0 Å². The molecule has 1 fully saturated rings. The van der Waals surface area contributed by atoms with Gasteiger partial charge in [-0.1, -0.05) is 113 Å². The summed E-state index contributed by atoms with van der Waals surface area (Å²) in [6.07, 6.45) is 25.1. The molecular formula is C45H77O14P. The Hall–Kier alpha value is -2.49. The van der Waals surface area contributed by atoms with E-state index in [4.69, 9.17) is 18.5 Å². The van der Waals surface area contributed by atoms with Crippen molar-refractivity contribution in [1.82, 2.24) is 0 Å². The molecule has 3 unspecified atom stereocenters. The van der Waals surface area contributed by atoms with Crippen molar-refractivity contribution in [3.63, 3.8) is 0 Å². The fourth-order valence-electron chi connectivity index (χ4n) is 6.19. The molecule has 1 aliphatic carbocycles. The summed E-state index contributed by atoms with van der Waals surface area (Å²) in [5, 5.41) is 59.6. The SMILES string of the molecule is CCCCCC/C=C\CCCCCCCC(=O)OC[C@H](COP(=O)(O)OC1[C@H](O)[C@H](O)C(O)[C@H](O)[C@H]1O)OC(=O)CCC/C=C\C/C=C\C/C=C\C/C=C\CC[C@H](O)CC. The lowest BCUT2D eigenvalue weighted by Crippen LogP contribution is -2.64. The van der Waals surface area contributed by atoms with Gasteiger partial charge in [-0.3, -0.25) is 18.6 Å². The van der Waals surface area contributed by atoms with Crippen molar-refractivity contribution in [3.8, 4) is 0 Å². The molecule has 14 nitrogen and oxygen atoms in total. The highest BCUT2D eigenvalue weighted by atomic mass is 31.2. The first kappa shape index (κ1) is 55.5. The van der Waals surface area contributed by atoms with Crippen LogP contribution in [0.15, 0.2) is 60.8 Å². The zero-order chi connectivity index (χ0) is 44.4. The van der Waals surface area contributed by atoms with Crippen LogP contribution in [0.1, 0.15) is 149 Å². The molecule has 1 rings (SSSR count). The van der Waals surface area contributed by atoms with Crippen molar-refractivity contribution >= 4 is 19.8 Å². The van der Waals surface area contributed by atoms with Crippen LogP contribution in [-0.2, 0) is 32.7 Å². The van der Waals surface area contributed by atoms with E-state index in [1.54, 1.807) is 0 Å². The summed E-state index contributed by atoms with van der Waals surface area (Å²) in [6, 6.07) is 0. The number of unbranched alkanes of at least 4 members (excludes halogenated alkanes) is 10. The number of carbonyl (C=O) groups excluding carboxylic acids is 2. The van der Waals surface area contributed by atoms with Crippen LogP contribution in [0.2, 0.25) is 0 Å². The molecule has 9 atom stereocenters. The van der Waals surface area contributed by atoms with Crippen LogP contribution in [-0.4, -0.2) is 110 Å². The standard InChI is InChI=1S/C45H77O14P/c1-3-5-6-7-8-9-10-13-17-20-23-26-29-32-38(47)56-34-37(35-57-60(54,55)59-45-43(52)41(50)40(49)42(51)44(45)53)58-39(48)33-30-27-24-21-18-15-12-11-14-16-19-22-25-28-31-36(46)4-2/h9-10,12,14-16,21-22,24-25,36-37,40-46,49-53H,3-8,11,13,17-20,23,26-35H2,1-2H3,(H,54,55)/b10-9-,15-12-,16-14-,24-21-,25-22-/t36-,37-,40?,41-,42+,43-,44-,45?/m1/s1. The Morgan fingerprint density at radius 3 is 1.63 bits per heavy atom. The fraction of sp³-hybridized carbons (Fsp3) is 0.733. The normalized spacial score (nSPS) is 23.3. The zero-order valence-corrected chi connectivity index (χ0v) is 37.0. The number of ether oxygens (including phenoxy) is 2. The highest BCUT2D eigenvalue weighted by Crippen LogP contribution is 2.47. The molecule has 0 saturated heterocycles. The largest absolute Gasteiger partial charge is 0.472 e. The van der Waals surface area contributed by atoms with Gasteiger partial charge in [0.25, 0.3) is 0 Å². The summed E-state index contributed by atoms with van der Waals surface area (Å²) in [6.45, 7) is 2.93. The quantitative estimate of drug-likeness (QED) is 0.0145. The van der Waals surface area contributed by atoms with Crippen molar-refractivity contribution in [2.75, 3.05) is 13.2 Å². The van der Waals surface area contributed by atoms with Crippen molar-refractivity contribution in [2.24, 2.45) is 0 Å². The van der Waals surface area contributed by atoms with Crippen LogP contribution in [0.25, 0.3) is 0 Å². The van der Waals surface area contributed by atoms with Gasteiger partial charge in [-0.15, -0.1) is 0 Å². The first-order valence-electron chi connectivity index (χ1n) is 22.2. The third-order valence-corrected chi connectivity index (χ3v) is 11.0. The number of phosphoric ester groups is 1. The van der Waals surface area contributed by atoms with Crippen LogP contribution in [0, 0.1) is 0 Å². The lowest BCUT2D eigenvalue weighted by atomic mass is 9.85. The summed E-state index contributed by atoms with van der Waals surface area (Å²) in [4.78, 5) is 35.6. The number of phosphoric acid groups is 1. The molecule has 1 saturated carbocycles. The molecule has 1 aliphatic rings. The maximum atomic E-state index is 12.8. The second-order valence-electron chi connectivity index (χ2n) is 15.3. The summed E-state index contributed by atoms with van der Waals surface area (Å²) in [7, 11) is -5.14. The number of aliphatic hydroxyl groups is 6. The van der Waals surface area contributed by atoms with Gasteiger partial charge in [-0.05, 0) is 83.5 Å². The van der Waals surface area contributed by atoms with E-state index >= 15 is 0 Å². The van der Waals surface area contributed by atoms with Gasteiger partial charge < -0.3 is 45.0 Å². The van der Waals surface area contributed by atoms with Crippen LogP contribution in [0.3, 0.4) is 0 Å². The summed E-state index contributed by atoms with van der Waals surface area (Å²) in [5.74, 6) is -1.20. The lowest BCUT2D eigenvalue weighted by Gasteiger charge is -2.41. The monoisotopic (exact) mass is 873 g/mol. The molecule has 0 aromatic carbocycles. The predicted octanol–water partition coefficient (Wildman–Crippen LogP) is 7.14. The Labute approximate surface area is 358 Å². The third-order valence-electron chi connectivity index (χ3n) is 10.00. The predicted molar refractivity (Wildman–Crippen MR) is 232 cm³/mol. The Balaban J connectivity index is 2.54. The highest BCUT2D eigenvalue weighted by molar-refractivity contribution is 7.47. The molecular weight excluding hydrogens is 795 g/mol. The maximum absolute atomic E-state index is 12.8. The van der Waals surface area contributed by atoms with Crippen molar-refractivity contribution < 1.29 is 68.2 Å². The maximum Gasteiger partial charge on any atom is 0.472 e. The molecule has 0 radical (unpaired) electrons. The lowest BCUT2D eigenvalue weighted by molar-refractivity contribution is -0.220. The van der Waals surface area contributed by atoms with Gasteiger partial charge in [0.2, 0.25) is 0 Å². The molecule has 0 aromatic heterocycles. The number of hydrogen-bond acceptors (Lipinski definition) is 13. The van der Waals surface area contributed by atoms with Gasteiger partial charge in [0.05, 0.1) is 12.7 Å². The Morgan fingerprint density at radius 2 is 1.05 bits per heavy atom. The van der Waals surface area contributed by atoms with Gasteiger partial charge in [-0.25, -0.2) is 4.57 Å².